The molecule has 1 aliphatic heterocycles. The van der Waals surface area contributed by atoms with Gasteiger partial charge in [-0.3, -0.25) is 4.79 Å². The molecule has 1 aliphatic rings. The number of hydrogen-bond acceptors (Lipinski definition) is 3. The topological polar surface area (TPSA) is 49.9 Å². The van der Waals surface area contributed by atoms with E-state index in [2.05, 4.69) is 0 Å². The Kier molecular flexibility index (Phi) is 6.07. The second-order valence-electron chi connectivity index (χ2n) is 7.69. The van der Waals surface area contributed by atoms with Crippen molar-refractivity contribution >= 4 is 12.0 Å². The van der Waals surface area contributed by atoms with E-state index in [4.69, 9.17) is 4.74 Å². The van der Waals surface area contributed by atoms with Crippen molar-refractivity contribution in [3.63, 3.8) is 0 Å². The van der Waals surface area contributed by atoms with E-state index in [1.165, 1.54) is 4.90 Å². The summed E-state index contributed by atoms with van der Waals surface area (Å²) in [6.45, 7) is 5.47. The third-order valence-corrected chi connectivity index (χ3v) is 4.50. The molecule has 1 heterocycles. The Morgan fingerprint density at radius 3 is 2.26 bits per heavy atom. The fourth-order valence-corrected chi connectivity index (χ4v) is 3.19. The first-order valence-corrected chi connectivity index (χ1v) is 8.78. The molecule has 27 heavy (non-hydrogen) atoms. The van der Waals surface area contributed by atoms with Gasteiger partial charge in [0.15, 0.2) is 0 Å². The van der Waals surface area contributed by atoms with Crippen molar-refractivity contribution in [3.8, 4) is 0 Å². The summed E-state index contributed by atoms with van der Waals surface area (Å²) in [6.07, 6.45) is -4.97. The van der Waals surface area contributed by atoms with Crippen LogP contribution in [-0.2, 0) is 9.53 Å². The summed E-state index contributed by atoms with van der Waals surface area (Å²) in [4.78, 5) is 26.5. The normalized spacial score (nSPS) is 20.9. The van der Waals surface area contributed by atoms with E-state index in [-0.39, 0.29) is 19.4 Å². The second-order valence-corrected chi connectivity index (χ2v) is 7.69. The molecule has 0 aromatic heterocycles. The Hall–Kier alpha value is -2.25. The van der Waals surface area contributed by atoms with Gasteiger partial charge >= 0.3 is 18.2 Å². The van der Waals surface area contributed by atoms with Crippen molar-refractivity contribution in [2.75, 3.05) is 13.6 Å². The lowest BCUT2D eigenvalue weighted by molar-refractivity contribution is -0.187. The molecule has 0 bridgehead atoms. The summed E-state index contributed by atoms with van der Waals surface area (Å²) in [5.41, 5.74) is 0.110. The molecule has 1 aromatic carbocycles. The smallest absolute Gasteiger partial charge is 0.444 e. The van der Waals surface area contributed by atoms with Crippen molar-refractivity contribution in [1.29, 1.82) is 0 Å². The number of carbonyl (C=O) groups excluding carboxylic acids is 2. The van der Waals surface area contributed by atoms with Crippen LogP contribution in [0.25, 0.3) is 0 Å². The lowest BCUT2D eigenvalue weighted by atomic mass is 9.91. The molecular formula is C19H25F3N2O3. The summed E-state index contributed by atoms with van der Waals surface area (Å²) in [5.74, 6) is -1.87. The highest BCUT2D eigenvalue weighted by molar-refractivity contribution is 5.82. The number of benzene rings is 1. The van der Waals surface area contributed by atoms with Crippen LogP contribution in [0.5, 0.6) is 0 Å². The van der Waals surface area contributed by atoms with Crippen LogP contribution in [-0.4, -0.2) is 53.2 Å². The van der Waals surface area contributed by atoms with Crippen molar-refractivity contribution in [3.05, 3.63) is 35.9 Å². The number of rotatable bonds is 2. The molecule has 2 atom stereocenters. The first kappa shape index (κ1) is 21.1. The summed E-state index contributed by atoms with van der Waals surface area (Å²) in [5, 5.41) is 0. The lowest BCUT2D eigenvalue weighted by Gasteiger charge is -2.42. The first-order valence-electron chi connectivity index (χ1n) is 8.78. The van der Waals surface area contributed by atoms with Gasteiger partial charge in [-0.2, -0.15) is 13.2 Å². The predicted octanol–water partition coefficient (Wildman–Crippen LogP) is 4.15. The lowest BCUT2D eigenvalue weighted by Crippen LogP contribution is -2.52. The Morgan fingerprint density at radius 2 is 1.74 bits per heavy atom. The minimum absolute atomic E-state index is 0.203. The highest BCUT2D eigenvalue weighted by atomic mass is 19.4. The van der Waals surface area contributed by atoms with Gasteiger partial charge in [-0.05, 0) is 39.2 Å². The molecule has 0 saturated carbocycles. The predicted molar refractivity (Wildman–Crippen MR) is 94.0 cm³/mol. The zero-order valence-corrected chi connectivity index (χ0v) is 15.9. The van der Waals surface area contributed by atoms with Gasteiger partial charge in [0.25, 0.3) is 0 Å². The highest BCUT2D eigenvalue weighted by Crippen LogP contribution is 2.35. The summed E-state index contributed by atoms with van der Waals surface area (Å²) in [6, 6.07) is 7.96. The number of ether oxygens (including phenoxy) is 1. The van der Waals surface area contributed by atoms with Crippen LogP contribution in [0.1, 0.15) is 45.2 Å². The van der Waals surface area contributed by atoms with Gasteiger partial charge in [0.2, 0.25) is 0 Å². The number of carbonyl (C=O) groups is 2. The Balaban J connectivity index is 2.25. The van der Waals surface area contributed by atoms with Gasteiger partial charge in [0.1, 0.15) is 5.60 Å². The van der Waals surface area contributed by atoms with Gasteiger partial charge < -0.3 is 14.5 Å². The average Bonchev–Trinajstić information content (AvgIpc) is 2.58. The number of alkyl halides is 3. The standard InChI is InChI=1S/C19H25F3N2O3/c1-18(2,3)27-17(26)24-11-10-14(23(4)16(25)19(20,21)22)12-15(24)13-8-6-5-7-9-13/h5-9,14-15H,10-12H2,1-4H3/t14?,15-/m0/s1. The van der Waals surface area contributed by atoms with Crippen LogP contribution < -0.4 is 0 Å². The van der Waals surface area contributed by atoms with Gasteiger partial charge in [-0.15, -0.1) is 0 Å². The summed E-state index contributed by atoms with van der Waals surface area (Å²) >= 11 is 0. The molecule has 8 heteroatoms. The van der Waals surface area contributed by atoms with E-state index in [9.17, 15) is 22.8 Å². The largest absolute Gasteiger partial charge is 0.471 e. The first-order chi connectivity index (χ1) is 12.4. The Bertz CT molecular complexity index is 671. The maximum Gasteiger partial charge on any atom is 0.471 e. The quantitative estimate of drug-likeness (QED) is 0.767. The molecule has 1 aromatic rings. The molecule has 2 amide bonds. The molecule has 2 rings (SSSR count). The van der Waals surface area contributed by atoms with Gasteiger partial charge in [0.05, 0.1) is 6.04 Å². The monoisotopic (exact) mass is 386 g/mol. The fraction of sp³-hybridized carbons (Fsp3) is 0.579. The van der Waals surface area contributed by atoms with Gasteiger partial charge in [-0.25, -0.2) is 4.79 Å². The summed E-state index contributed by atoms with van der Waals surface area (Å²) in [7, 11) is 1.16. The molecule has 5 nitrogen and oxygen atoms in total. The zero-order valence-electron chi connectivity index (χ0n) is 15.9. The number of halogens is 3. The Morgan fingerprint density at radius 1 is 1.15 bits per heavy atom. The van der Waals surface area contributed by atoms with E-state index in [0.29, 0.717) is 0 Å². The SMILES string of the molecule is CN(C(=O)C(F)(F)F)C1CCN(C(=O)OC(C)(C)C)[C@H](c2ccccc2)C1. The van der Waals surface area contributed by atoms with Crippen LogP contribution in [0.4, 0.5) is 18.0 Å². The van der Waals surface area contributed by atoms with Crippen LogP contribution in [0.2, 0.25) is 0 Å². The molecular weight excluding hydrogens is 361 g/mol. The number of likely N-dealkylation sites (tertiary alicyclic amines) is 1. The summed E-state index contributed by atoms with van der Waals surface area (Å²) < 4.78 is 43.8. The van der Waals surface area contributed by atoms with Gasteiger partial charge in [0, 0.05) is 19.6 Å². The zero-order chi connectivity index (χ0) is 20.4. The average molecular weight is 386 g/mol. The second kappa shape index (κ2) is 7.78. The minimum Gasteiger partial charge on any atom is -0.444 e. The van der Waals surface area contributed by atoms with Crippen molar-refractivity contribution in [1.82, 2.24) is 9.80 Å². The van der Waals surface area contributed by atoms with Crippen LogP contribution >= 0.6 is 0 Å². The van der Waals surface area contributed by atoms with E-state index in [1.807, 2.05) is 18.2 Å². The molecule has 1 fully saturated rings. The third-order valence-electron chi connectivity index (χ3n) is 4.50. The molecule has 0 spiro atoms. The van der Waals surface area contributed by atoms with Crippen LogP contribution in [0.15, 0.2) is 30.3 Å². The maximum atomic E-state index is 12.8. The number of amides is 2. The molecule has 0 aliphatic carbocycles. The minimum atomic E-state index is -4.92. The van der Waals surface area contributed by atoms with E-state index in [1.54, 1.807) is 32.9 Å². The van der Waals surface area contributed by atoms with E-state index >= 15 is 0 Å². The van der Waals surface area contributed by atoms with E-state index < -0.39 is 35.9 Å². The van der Waals surface area contributed by atoms with Crippen molar-refractivity contribution in [2.24, 2.45) is 0 Å². The number of hydrogen-bond donors (Lipinski definition) is 0. The van der Waals surface area contributed by atoms with Crippen molar-refractivity contribution in [2.45, 2.75) is 57.5 Å². The van der Waals surface area contributed by atoms with Crippen molar-refractivity contribution < 1.29 is 27.5 Å². The highest BCUT2D eigenvalue weighted by Gasteiger charge is 2.45. The molecule has 150 valence electrons. The number of piperidine rings is 1. The molecule has 0 radical (unpaired) electrons. The molecule has 1 unspecified atom stereocenters. The van der Waals surface area contributed by atoms with Crippen LogP contribution in [0, 0.1) is 0 Å². The Labute approximate surface area is 157 Å². The third kappa shape index (κ3) is 5.37. The fourth-order valence-electron chi connectivity index (χ4n) is 3.19. The van der Waals surface area contributed by atoms with Gasteiger partial charge in [-0.1, -0.05) is 30.3 Å². The molecule has 0 N–H and O–H groups in total. The van der Waals surface area contributed by atoms with E-state index in [0.717, 1.165) is 17.5 Å². The van der Waals surface area contributed by atoms with Crippen LogP contribution in [0.3, 0.4) is 0 Å². The molecule has 1 saturated heterocycles. The maximum absolute atomic E-state index is 12.8. The number of nitrogens with zero attached hydrogens (tertiary/aromatic N) is 2.